The van der Waals surface area contributed by atoms with Crippen LogP contribution in [0.1, 0.15) is 23.7 Å². The minimum Gasteiger partial charge on any atom is -0.473 e. The molecule has 2 amide bonds. The number of pyridine rings is 1. The third-order valence-electron chi connectivity index (χ3n) is 3.64. The number of nitrogens with one attached hydrogen (secondary N) is 2. The third-order valence-corrected chi connectivity index (χ3v) is 4.77. The maximum absolute atomic E-state index is 12.3. The van der Waals surface area contributed by atoms with E-state index in [0.717, 1.165) is 17.9 Å². The number of carbonyl (C=O) groups excluding carboxylic acids is 2. The molecule has 1 unspecified atom stereocenters. The van der Waals surface area contributed by atoms with Crippen LogP contribution in [0.15, 0.2) is 42.6 Å². The van der Waals surface area contributed by atoms with Crippen LogP contribution in [-0.2, 0) is 4.79 Å². The summed E-state index contributed by atoms with van der Waals surface area (Å²) in [6, 6.07) is 10.3. The van der Waals surface area contributed by atoms with Gasteiger partial charge in [0.25, 0.3) is 5.91 Å². The third kappa shape index (κ3) is 4.96. The molecule has 0 radical (unpaired) electrons. The number of ether oxygens (including phenoxy) is 1. The van der Waals surface area contributed by atoms with Gasteiger partial charge in [0.2, 0.25) is 11.8 Å². The van der Waals surface area contributed by atoms with E-state index in [0.29, 0.717) is 22.8 Å². The number of rotatable bonds is 5. The van der Waals surface area contributed by atoms with Crippen molar-refractivity contribution in [1.82, 2.24) is 4.98 Å². The number of thioether (sulfide) groups is 1. The molecule has 2 aromatic rings. The Hall–Kier alpha value is -2.54. The fourth-order valence-electron chi connectivity index (χ4n) is 2.40. The number of aromatic nitrogens is 1. The smallest absolute Gasteiger partial charge is 0.257 e. The van der Waals surface area contributed by atoms with Crippen molar-refractivity contribution >= 4 is 35.0 Å². The predicted octanol–water partition coefficient (Wildman–Crippen LogP) is 3.18. The van der Waals surface area contributed by atoms with Crippen LogP contribution in [-0.4, -0.2) is 34.4 Å². The summed E-state index contributed by atoms with van der Waals surface area (Å²) in [4.78, 5) is 27.5. The van der Waals surface area contributed by atoms with Crippen molar-refractivity contribution in [2.75, 3.05) is 22.1 Å². The molecule has 130 valence electrons. The van der Waals surface area contributed by atoms with Crippen molar-refractivity contribution < 1.29 is 14.3 Å². The van der Waals surface area contributed by atoms with Crippen molar-refractivity contribution in [3.8, 4) is 5.88 Å². The van der Waals surface area contributed by atoms with Gasteiger partial charge in [-0.1, -0.05) is 0 Å². The molecule has 0 saturated carbocycles. The van der Waals surface area contributed by atoms with Gasteiger partial charge in [0, 0.05) is 36.3 Å². The van der Waals surface area contributed by atoms with Crippen LogP contribution < -0.4 is 15.4 Å². The van der Waals surface area contributed by atoms with E-state index in [-0.39, 0.29) is 17.9 Å². The van der Waals surface area contributed by atoms with Gasteiger partial charge in [-0.2, -0.15) is 11.8 Å². The molecule has 1 fully saturated rings. The monoisotopic (exact) mass is 357 g/mol. The van der Waals surface area contributed by atoms with Crippen molar-refractivity contribution in [2.45, 2.75) is 19.4 Å². The minimum absolute atomic E-state index is 0.138. The van der Waals surface area contributed by atoms with Gasteiger partial charge in [-0.05, 0) is 42.5 Å². The van der Waals surface area contributed by atoms with E-state index >= 15 is 0 Å². The van der Waals surface area contributed by atoms with Crippen molar-refractivity contribution in [1.29, 1.82) is 0 Å². The normalized spacial score (nSPS) is 16.3. The van der Waals surface area contributed by atoms with E-state index in [4.69, 9.17) is 4.74 Å². The van der Waals surface area contributed by atoms with Gasteiger partial charge in [0.15, 0.2) is 0 Å². The highest BCUT2D eigenvalue weighted by Gasteiger charge is 2.17. The molecule has 2 N–H and O–H groups in total. The average Bonchev–Trinajstić information content (AvgIpc) is 3.10. The zero-order chi connectivity index (χ0) is 17.6. The fraction of sp³-hybridized carbons (Fsp3) is 0.278. The number of carbonyl (C=O) groups is 2. The predicted molar refractivity (Wildman–Crippen MR) is 99.3 cm³/mol. The number of nitrogens with zero attached hydrogens (tertiary/aromatic N) is 1. The van der Waals surface area contributed by atoms with E-state index < -0.39 is 0 Å². The molecule has 25 heavy (non-hydrogen) atoms. The summed E-state index contributed by atoms with van der Waals surface area (Å²) in [7, 11) is 0. The summed E-state index contributed by atoms with van der Waals surface area (Å²) in [6.07, 6.45) is 2.75. The van der Waals surface area contributed by atoms with Gasteiger partial charge in [-0.3, -0.25) is 9.59 Å². The topological polar surface area (TPSA) is 80.3 Å². The second-order valence-corrected chi connectivity index (χ2v) is 6.85. The van der Waals surface area contributed by atoms with Gasteiger partial charge >= 0.3 is 0 Å². The summed E-state index contributed by atoms with van der Waals surface area (Å²) in [5, 5.41) is 5.47. The first-order valence-corrected chi connectivity index (χ1v) is 9.15. The standard InChI is InChI=1S/C18H19N3O3S/c1-12(22)20-14-3-5-15(6-4-14)21-18(23)13-2-7-17(19-10-13)24-16-8-9-25-11-16/h2-7,10,16H,8-9,11H2,1H3,(H,20,22)(H,21,23). The molecule has 1 atom stereocenters. The molecule has 1 aliphatic rings. The van der Waals surface area contributed by atoms with Gasteiger partial charge in [-0.15, -0.1) is 0 Å². The quantitative estimate of drug-likeness (QED) is 0.859. The maximum atomic E-state index is 12.3. The summed E-state index contributed by atoms with van der Waals surface area (Å²) in [6.45, 7) is 1.45. The Morgan fingerprint density at radius 2 is 1.84 bits per heavy atom. The van der Waals surface area contributed by atoms with Crippen LogP contribution in [0.25, 0.3) is 0 Å². The molecule has 3 rings (SSSR count). The highest BCUT2D eigenvalue weighted by Crippen LogP contribution is 2.22. The van der Waals surface area contributed by atoms with Crippen LogP contribution in [0.5, 0.6) is 5.88 Å². The summed E-state index contributed by atoms with van der Waals surface area (Å²) >= 11 is 1.87. The zero-order valence-corrected chi connectivity index (χ0v) is 14.6. The Labute approximate surface area is 150 Å². The molecule has 6 nitrogen and oxygen atoms in total. The molecule has 1 aliphatic heterocycles. The summed E-state index contributed by atoms with van der Waals surface area (Å²) < 4.78 is 5.77. The second-order valence-electron chi connectivity index (χ2n) is 5.70. The van der Waals surface area contributed by atoms with E-state index in [1.54, 1.807) is 36.4 Å². The van der Waals surface area contributed by atoms with Crippen molar-refractivity contribution in [2.24, 2.45) is 0 Å². The first-order valence-electron chi connectivity index (χ1n) is 7.99. The number of hydrogen-bond acceptors (Lipinski definition) is 5. The maximum Gasteiger partial charge on any atom is 0.257 e. The molecule has 1 aromatic carbocycles. The SMILES string of the molecule is CC(=O)Nc1ccc(NC(=O)c2ccc(OC3CCSC3)nc2)cc1. The number of hydrogen-bond donors (Lipinski definition) is 2. The molecule has 1 aromatic heterocycles. The minimum atomic E-state index is -0.247. The second kappa shape index (κ2) is 8.02. The van der Waals surface area contributed by atoms with Gasteiger partial charge < -0.3 is 15.4 Å². The summed E-state index contributed by atoms with van der Waals surface area (Å²) in [5.74, 6) is 2.26. The molecule has 7 heteroatoms. The van der Waals surface area contributed by atoms with E-state index in [2.05, 4.69) is 15.6 Å². The summed E-state index contributed by atoms with van der Waals surface area (Å²) in [5.41, 5.74) is 1.78. The van der Waals surface area contributed by atoms with Crippen LogP contribution in [0.4, 0.5) is 11.4 Å². The van der Waals surface area contributed by atoms with Gasteiger partial charge in [-0.25, -0.2) is 4.98 Å². The Morgan fingerprint density at radius 3 is 2.40 bits per heavy atom. The van der Waals surface area contributed by atoms with E-state index in [1.807, 2.05) is 11.8 Å². The van der Waals surface area contributed by atoms with Crippen molar-refractivity contribution in [3.05, 3.63) is 48.2 Å². The lowest BCUT2D eigenvalue weighted by Crippen LogP contribution is -2.16. The van der Waals surface area contributed by atoms with Gasteiger partial charge in [0.1, 0.15) is 6.10 Å². The highest BCUT2D eigenvalue weighted by molar-refractivity contribution is 7.99. The molecular formula is C18H19N3O3S. The largest absolute Gasteiger partial charge is 0.473 e. The highest BCUT2D eigenvalue weighted by atomic mass is 32.2. The van der Waals surface area contributed by atoms with E-state index in [9.17, 15) is 9.59 Å². The number of benzene rings is 1. The van der Waals surface area contributed by atoms with Crippen LogP contribution >= 0.6 is 11.8 Å². The van der Waals surface area contributed by atoms with E-state index in [1.165, 1.54) is 13.1 Å². The number of amides is 2. The van der Waals surface area contributed by atoms with Gasteiger partial charge in [0.05, 0.1) is 5.56 Å². The first kappa shape index (κ1) is 17.3. The Bertz CT molecular complexity index is 741. The van der Waals surface area contributed by atoms with Crippen LogP contribution in [0.3, 0.4) is 0 Å². The lowest BCUT2D eigenvalue weighted by Gasteiger charge is -2.11. The Morgan fingerprint density at radius 1 is 1.12 bits per heavy atom. The molecule has 1 saturated heterocycles. The Balaban J connectivity index is 1.57. The number of anilines is 2. The van der Waals surface area contributed by atoms with Crippen LogP contribution in [0.2, 0.25) is 0 Å². The van der Waals surface area contributed by atoms with Crippen molar-refractivity contribution in [3.63, 3.8) is 0 Å². The molecule has 0 aliphatic carbocycles. The molecule has 0 spiro atoms. The Kier molecular flexibility index (Phi) is 5.55. The molecule has 0 bridgehead atoms. The lowest BCUT2D eigenvalue weighted by molar-refractivity contribution is -0.114. The lowest BCUT2D eigenvalue weighted by atomic mass is 10.2. The zero-order valence-electron chi connectivity index (χ0n) is 13.8. The van der Waals surface area contributed by atoms with Crippen LogP contribution in [0, 0.1) is 0 Å². The molecular weight excluding hydrogens is 338 g/mol. The average molecular weight is 357 g/mol. The first-order chi connectivity index (χ1) is 12.1. The molecule has 2 heterocycles. The fourth-order valence-corrected chi connectivity index (χ4v) is 3.50.